The fraction of sp³-hybridized carbons (Fsp3) is 0.706. The lowest BCUT2D eigenvalue weighted by atomic mass is 9.90. The molecule has 2 fully saturated rings. The van der Waals surface area contributed by atoms with Crippen molar-refractivity contribution >= 4 is 29.7 Å². The van der Waals surface area contributed by atoms with Crippen molar-refractivity contribution < 1.29 is 4.79 Å². The zero-order chi connectivity index (χ0) is 14.4. The summed E-state index contributed by atoms with van der Waals surface area (Å²) in [5.74, 6) is 1.05. The minimum atomic E-state index is 0. The van der Waals surface area contributed by atoms with Gasteiger partial charge in [0.25, 0.3) is 5.91 Å². The molecule has 1 aliphatic carbocycles. The Morgan fingerprint density at radius 2 is 2.09 bits per heavy atom. The Morgan fingerprint density at radius 3 is 2.95 bits per heavy atom. The Kier molecular flexibility index (Phi) is 4.81. The van der Waals surface area contributed by atoms with Crippen molar-refractivity contribution in [3.8, 4) is 0 Å². The Balaban J connectivity index is 0.00000144. The van der Waals surface area contributed by atoms with Crippen LogP contribution in [0.2, 0.25) is 0 Å². The van der Waals surface area contributed by atoms with Crippen LogP contribution in [-0.2, 0) is 12.8 Å². The second-order valence-electron chi connectivity index (χ2n) is 7.08. The predicted octanol–water partition coefficient (Wildman–Crippen LogP) is 3.26. The number of hydrogen-bond acceptors (Lipinski definition) is 3. The van der Waals surface area contributed by atoms with Gasteiger partial charge < -0.3 is 10.2 Å². The molecule has 3 heterocycles. The van der Waals surface area contributed by atoms with Gasteiger partial charge in [0, 0.05) is 30.1 Å². The van der Waals surface area contributed by atoms with Gasteiger partial charge in [-0.05, 0) is 56.1 Å². The van der Waals surface area contributed by atoms with Crippen LogP contribution in [0.15, 0.2) is 6.07 Å². The average molecular weight is 341 g/mol. The summed E-state index contributed by atoms with van der Waals surface area (Å²) in [4.78, 5) is 17.4. The van der Waals surface area contributed by atoms with E-state index in [1.807, 2.05) is 0 Å². The van der Waals surface area contributed by atoms with Gasteiger partial charge in [0.1, 0.15) is 0 Å². The van der Waals surface area contributed by atoms with Gasteiger partial charge >= 0.3 is 0 Å². The summed E-state index contributed by atoms with van der Waals surface area (Å²) in [5.41, 5.74) is 1.44. The van der Waals surface area contributed by atoms with Crippen molar-refractivity contribution in [1.29, 1.82) is 0 Å². The first-order chi connectivity index (χ1) is 10.2. The zero-order valence-corrected chi connectivity index (χ0v) is 14.8. The molecule has 122 valence electrons. The maximum Gasteiger partial charge on any atom is 0.263 e. The Morgan fingerprint density at radius 1 is 1.27 bits per heavy atom. The first-order valence-corrected chi connectivity index (χ1v) is 9.17. The van der Waals surface area contributed by atoms with E-state index in [1.54, 1.807) is 11.3 Å². The molecule has 3 nitrogen and oxygen atoms in total. The molecule has 3 atom stereocenters. The molecule has 5 heteroatoms. The normalized spacial score (nSPS) is 30.4. The van der Waals surface area contributed by atoms with Crippen LogP contribution in [0.25, 0.3) is 0 Å². The summed E-state index contributed by atoms with van der Waals surface area (Å²) < 4.78 is 0. The minimum absolute atomic E-state index is 0. The molecule has 0 saturated carbocycles. The van der Waals surface area contributed by atoms with E-state index >= 15 is 0 Å². The number of likely N-dealkylation sites (tertiary alicyclic amines) is 1. The van der Waals surface area contributed by atoms with Crippen LogP contribution >= 0.6 is 23.7 Å². The van der Waals surface area contributed by atoms with Gasteiger partial charge in [-0.2, -0.15) is 0 Å². The number of nitrogens with one attached hydrogen (secondary N) is 1. The Hall–Kier alpha value is -0.580. The minimum Gasteiger partial charge on any atom is -0.336 e. The van der Waals surface area contributed by atoms with Gasteiger partial charge in [-0.25, -0.2) is 0 Å². The zero-order valence-electron chi connectivity index (χ0n) is 13.1. The lowest BCUT2D eigenvalue weighted by Crippen LogP contribution is -2.38. The van der Waals surface area contributed by atoms with E-state index in [2.05, 4.69) is 23.2 Å². The molecule has 1 N–H and O–H groups in total. The van der Waals surface area contributed by atoms with Crippen LogP contribution in [0.1, 0.15) is 52.7 Å². The largest absolute Gasteiger partial charge is 0.336 e. The molecule has 2 saturated heterocycles. The Labute approximate surface area is 142 Å². The van der Waals surface area contributed by atoms with Gasteiger partial charge in [-0.1, -0.05) is 6.92 Å². The summed E-state index contributed by atoms with van der Waals surface area (Å²) in [6, 6.07) is 3.36. The molecule has 2 bridgehead atoms. The second kappa shape index (κ2) is 6.50. The van der Waals surface area contributed by atoms with Crippen LogP contribution < -0.4 is 5.32 Å². The van der Waals surface area contributed by atoms with Crippen molar-refractivity contribution in [3.63, 3.8) is 0 Å². The third-order valence-corrected chi connectivity index (χ3v) is 6.58. The van der Waals surface area contributed by atoms with E-state index in [9.17, 15) is 4.79 Å². The van der Waals surface area contributed by atoms with Gasteiger partial charge in [-0.15, -0.1) is 23.7 Å². The quantitative estimate of drug-likeness (QED) is 0.851. The van der Waals surface area contributed by atoms with E-state index in [1.165, 1.54) is 36.1 Å². The first kappa shape index (κ1) is 16.3. The van der Waals surface area contributed by atoms with Crippen molar-refractivity contribution in [1.82, 2.24) is 10.2 Å². The lowest BCUT2D eigenvalue weighted by molar-refractivity contribution is 0.0753. The fourth-order valence-electron chi connectivity index (χ4n) is 4.09. The van der Waals surface area contributed by atoms with Crippen LogP contribution in [0.4, 0.5) is 0 Å². The third-order valence-electron chi connectivity index (χ3n) is 5.35. The van der Waals surface area contributed by atoms with Gasteiger partial charge in [0.2, 0.25) is 0 Å². The van der Waals surface area contributed by atoms with E-state index in [0.717, 1.165) is 36.7 Å². The number of nitrogens with zero attached hydrogens (tertiary/aromatic N) is 1. The van der Waals surface area contributed by atoms with Crippen LogP contribution in [0.5, 0.6) is 0 Å². The highest BCUT2D eigenvalue weighted by atomic mass is 35.5. The highest BCUT2D eigenvalue weighted by Crippen LogP contribution is 2.33. The highest BCUT2D eigenvalue weighted by Gasteiger charge is 2.32. The number of halogens is 1. The number of rotatable bonds is 1. The molecular weight excluding hydrogens is 316 g/mol. The Bertz CT molecular complexity index is 559. The van der Waals surface area contributed by atoms with E-state index in [4.69, 9.17) is 0 Å². The van der Waals surface area contributed by atoms with Gasteiger partial charge in [0.05, 0.1) is 4.88 Å². The van der Waals surface area contributed by atoms with E-state index in [-0.39, 0.29) is 18.3 Å². The second-order valence-corrected chi connectivity index (χ2v) is 8.22. The van der Waals surface area contributed by atoms with E-state index < -0.39 is 0 Å². The highest BCUT2D eigenvalue weighted by molar-refractivity contribution is 7.14. The summed E-state index contributed by atoms with van der Waals surface area (Å²) in [6.45, 7) is 4.14. The summed E-state index contributed by atoms with van der Waals surface area (Å²) in [7, 11) is 0. The van der Waals surface area contributed by atoms with Crippen molar-refractivity contribution in [2.75, 3.05) is 13.1 Å². The van der Waals surface area contributed by atoms with E-state index in [0.29, 0.717) is 12.1 Å². The first-order valence-electron chi connectivity index (χ1n) is 8.36. The topological polar surface area (TPSA) is 32.3 Å². The van der Waals surface area contributed by atoms with Crippen LogP contribution in [0.3, 0.4) is 0 Å². The molecule has 3 aliphatic rings. The molecule has 1 amide bonds. The maximum atomic E-state index is 12.8. The molecule has 0 aromatic carbocycles. The molecule has 0 spiro atoms. The molecule has 3 unspecified atom stereocenters. The van der Waals surface area contributed by atoms with Crippen molar-refractivity contribution in [2.24, 2.45) is 5.92 Å². The molecule has 0 radical (unpaired) electrons. The SMILES string of the molecule is CC1CCc2sc(C(=O)N3CCC4CCC(C3)N4)cc2C1.Cl. The van der Waals surface area contributed by atoms with Gasteiger partial charge in [0.15, 0.2) is 0 Å². The van der Waals surface area contributed by atoms with Crippen molar-refractivity contribution in [2.45, 2.75) is 57.5 Å². The standard InChI is InChI=1S/C17H24N2OS.ClH/c1-11-2-5-15-12(8-11)9-16(21-15)17(20)19-7-6-13-3-4-14(10-19)18-13;/h9,11,13-14,18H,2-8,10H2,1H3;1H. The monoisotopic (exact) mass is 340 g/mol. The van der Waals surface area contributed by atoms with Gasteiger partial charge in [-0.3, -0.25) is 4.79 Å². The van der Waals surface area contributed by atoms with Crippen molar-refractivity contribution in [3.05, 3.63) is 21.4 Å². The number of aryl methyl sites for hydroxylation is 1. The summed E-state index contributed by atoms with van der Waals surface area (Å²) in [5, 5.41) is 3.65. The molecule has 1 aromatic rings. The molecule has 22 heavy (non-hydrogen) atoms. The fourth-order valence-corrected chi connectivity index (χ4v) is 5.27. The molecular formula is C17H25ClN2OS. The number of thiophene rings is 1. The number of hydrogen-bond donors (Lipinski definition) is 1. The number of carbonyl (C=O) groups is 1. The summed E-state index contributed by atoms with van der Waals surface area (Å²) in [6.07, 6.45) is 7.24. The lowest BCUT2D eigenvalue weighted by Gasteiger charge is -2.23. The van der Waals surface area contributed by atoms with Crippen LogP contribution in [0, 0.1) is 5.92 Å². The number of amides is 1. The molecule has 2 aliphatic heterocycles. The van der Waals surface area contributed by atoms with Crippen LogP contribution in [-0.4, -0.2) is 36.0 Å². The third kappa shape index (κ3) is 3.06. The molecule has 4 rings (SSSR count). The summed E-state index contributed by atoms with van der Waals surface area (Å²) >= 11 is 1.75. The average Bonchev–Trinajstić information content (AvgIpc) is 3.01. The smallest absolute Gasteiger partial charge is 0.263 e. The number of fused-ring (bicyclic) bond motifs is 3. The maximum absolute atomic E-state index is 12.8. The molecule has 1 aromatic heterocycles. The predicted molar refractivity (Wildman–Crippen MR) is 93.2 cm³/mol. The number of carbonyl (C=O) groups excluding carboxylic acids is 1.